The first-order chi connectivity index (χ1) is 15.3. The molecule has 9 nitrogen and oxygen atoms in total. The predicted molar refractivity (Wildman–Crippen MR) is 121 cm³/mol. The van der Waals surface area contributed by atoms with Gasteiger partial charge in [0.2, 0.25) is 5.91 Å². The molecule has 1 spiro atoms. The van der Waals surface area contributed by atoms with E-state index in [1.807, 2.05) is 24.3 Å². The third-order valence-corrected chi connectivity index (χ3v) is 6.35. The zero-order valence-electron chi connectivity index (χ0n) is 18.2. The van der Waals surface area contributed by atoms with Gasteiger partial charge in [-0.25, -0.2) is 9.80 Å². The zero-order valence-corrected chi connectivity index (χ0v) is 18.2. The highest BCUT2D eigenvalue weighted by molar-refractivity contribution is 5.94. The quantitative estimate of drug-likeness (QED) is 0.555. The predicted octanol–water partition coefficient (Wildman–Crippen LogP) is 4.03. The van der Waals surface area contributed by atoms with Gasteiger partial charge in [0.1, 0.15) is 0 Å². The van der Waals surface area contributed by atoms with Gasteiger partial charge in [0.25, 0.3) is 5.69 Å². The normalized spacial score (nSPS) is 17.5. The minimum atomic E-state index is -0.592. The number of non-ortho nitro benzene ring substituents is 1. The Morgan fingerprint density at radius 1 is 1.12 bits per heavy atom. The average Bonchev–Trinajstić information content (AvgIpc) is 3.10. The van der Waals surface area contributed by atoms with Crippen molar-refractivity contribution in [1.29, 1.82) is 0 Å². The maximum absolute atomic E-state index is 13.2. The van der Waals surface area contributed by atoms with Crippen molar-refractivity contribution in [3.8, 4) is 0 Å². The Bertz CT molecular complexity index is 1030. The molecule has 0 aliphatic carbocycles. The molecule has 2 aromatic rings. The van der Waals surface area contributed by atoms with Gasteiger partial charge in [-0.3, -0.25) is 20.3 Å². The molecule has 2 N–H and O–H groups in total. The number of para-hydroxylation sites is 1. The summed E-state index contributed by atoms with van der Waals surface area (Å²) in [7, 11) is 0. The second-order valence-electron chi connectivity index (χ2n) is 8.70. The summed E-state index contributed by atoms with van der Waals surface area (Å²) in [6.07, 6.45) is 1.49. The first kappa shape index (κ1) is 21.6. The molecule has 0 atom stereocenters. The summed E-state index contributed by atoms with van der Waals surface area (Å²) in [5.74, 6) is 0.0830. The van der Waals surface area contributed by atoms with E-state index in [1.165, 1.54) is 17.1 Å². The number of hydrogen-bond donors (Lipinski definition) is 2. The number of hydrazine groups is 1. The summed E-state index contributed by atoms with van der Waals surface area (Å²) >= 11 is 0. The van der Waals surface area contributed by atoms with E-state index >= 15 is 0 Å². The molecule has 0 radical (unpaired) electrons. The van der Waals surface area contributed by atoms with Crippen LogP contribution in [0.25, 0.3) is 0 Å². The molecule has 2 saturated heterocycles. The summed E-state index contributed by atoms with van der Waals surface area (Å²) in [6, 6.07) is 13.8. The first-order valence-corrected chi connectivity index (χ1v) is 10.8. The van der Waals surface area contributed by atoms with Crippen molar-refractivity contribution in [2.24, 2.45) is 0 Å². The van der Waals surface area contributed by atoms with Crippen LogP contribution in [0.4, 0.5) is 21.9 Å². The molecule has 2 aliphatic heterocycles. The molecule has 2 heterocycles. The van der Waals surface area contributed by atoms with Crippen LogP contribution < -0.4 is 15.6 Å². The molecule has 32 heavy (non-hydrogen) atoms. The van der Waals surface area contributed by atoms with E-state index in [0.717, 1.165) is 16.9 Å². The highest BCUT2D eigenvalue weighted by Gasteiger charge is 2.49. The van der Waals surface area contributed by atoms with E-state index in [-0.39, 0.29) is 30.0 Å². The van der Waals surface area contributed by atoms with E-state index in [9.17, 15) is 19.7 Å². The van der Waals surface area contributed by atoms with Crippen molar-refractivity contribution >= 4 is 29.0 Å². The summed E-state index contributed by atoms with van der Waals surface area (Å²) in [5.41, 5.74) is 4.88. The van der Waals surface area contributed by atoms with Gasteiger partial charge >= 0.3 is 6.03 Å². The van der Waals surface area contributed by atoms with Crippen molar-refractivity contribution < 1.29 is 14.5 Å². The molecule has 0 unspecified atom stereocenters. The monoisotopic (exact) mass is 437 g/mol. The lowest BCUT2D eigenvalue weighted by Crippen LogP contribution is -2.58. The summed E-state index contributed by atoms with van der Waals surface area (Å²) < 4.78 is 0. The van der Waals surface area contributed by atoms with Gasteiger partial charge in [0.15, 0.2) is 0 Å². The van der Waals surface area contributed by atoms with Crippen LogP contribution >= 0.6 is 0 Å². The second kappa shape index (κ2) is 8.49. The first-order valence-electron chi connectivity index (χ1n) is 10.8. The Morgan fingerprint density at radius 3 is 2.41 bits per heavy atom. The van der Waals surface area contributed by atoms with Gasteiger partial charge in [-0.05, 0) is 42.5 Å². The van der Waals surface area contributed by atoms with Gasteiger partial charge < -0.3 is 10.2 Å². The molecule has 2 aromatic carbocycles. The lowest BCUT2D eigenvalue weighted by molar-refractivity contribution is -0.384. The number of nitro groups is 1. The Morgan fingerprint density at radius 2 is 1.78 bits per heavy atom. The molecule has 0 saturated carbocycles. The summed E-state index contributed by atoms with van der Waals surface area (Å²) in [6.45, 7) is 5.41. The Balaban J connectivity index is 1.48. The summed E-state index contributed by atoms with van der Waals surface area (Å²) in [5, 5.41) is 15.3. The highest BCUT2D eigenvalue weighted by atomic mass is 16.6. The number of nitro benzene ring substituents is 1. The van der Waals surface area contributed by atoms with Gasteiger partial charge in [0.05, 0.1) is 16.9 Å². The number of urea groups is 1. The van der Waals surface area contributed by atoms with E-state index in [0.29, 0.717) is 25.9 Å². The largest absolute Gasteiger partial charge is 0.371 e. The standard InChI is InChI=1S/C23H27N5O4/c1-16(2)19-5-3-4-6-20(19)24-22(30)27-23(15-21(29)25-27)11-13-26(14-12-23)17-7-9-18(10-8-17)28(31)32/h3-10,16H,11-15H2,1-2H3,(H,24,30)(H,25,29). The lowest BCUT2D eigenvalue weighted by Gasteiger charge is -2.43. The fourth-order valence-corrected chi connectivity index (χ4v) is 4.58. The van der Waals surface area contributed by atoms with Crippen molar-refractivity contribution in [2.45, 2.75) is 44.6 Å². The van der Waals surface area contributed by atoms with Gasteiger partial charge in [0, 0.05) is 36.6 Å². The number of nitrogens with one attached hydrogen (secondary N) is 2. The minimum Gasteiger partial charge on any atom is -0.371 e. The number of rotatable bonds is 4. The number of benzene rings is 2. The smallest absolute Gasteiger partial charge is 0.341 e. The Labute approximate surface area is 186 Å². The number of carbonyl (C=O) groups is 2. The number of amides is 3. The van der Waals surface area contributed by atoms with E-state index < -0.39 is 10.5 Å². The molecular weight excluding hydrogens is 410 g/mol. The molecule has 0 bridgehead atoms. The van der Waals surface area contributed by atoms with Crippen molar-refractivity contribution in [3.05, 3.63) is 64.2 Å². The van der Waals surface area contributed by atoms with Crippen LogP contribution in [0.1, 0.15) is 44.6 Å². The Hall–Kier alpha value is -3.62. The Kier molecular flexibility index (Phi) is 5.73. The molecule has 0 aromatic heterocycles. The third kappa shape index (κ3) is 4.10. The molecule has 9 heteroatoms. The van der Waals surface area contributed by atoms with E-state index in [4.69, 9.17) is 0 Å². The number of nitrogens with zero attached hydrogens (tertiary/aromatic N) is 3. The van der Waals surface area contributed by atoms with Gasteiger partial charge in [-0.15, -0.1) is 0 Å². The van der Waals surface area contributed by atoms with Crippen LogP contribution in [0.2, 0.25) is 0 Å². The van der Waals surface area contributed by atoms with Crippen molar-refractivity contribution in [3.63, 3.8) is 0 Å². The molecule has 4 rings (SSSR count). The SMILES string of the molecule is CC(C)c1ccccc1NC(=O)N1NC(=O)CC12CCN(c1ccc([N+](=O)[O-])cc1)CC2. The van der Waals surface area contributed by atoms with Crippen molar-refractivity contribution in [1.82, 2.24) is 10.4 Å². The van der Waals surface area contributed by atoms with Crippen LogP contribution in [0.15, 0.2) is 48.5 Å². The molecule has 3 amide bonds. The molecule has 2 fully saturated rings. The van der Waals surface area contributed by atoms with Crippen LogP contribution in [0, 0.1) is 10.1 Å². The fourth-order valence-electron chi connectivity index (χ4n) is 4.58. The zero-order chi connectivity index (χ0) is 22.9. The molecular formula is C23H27N5O4. The van der Waals surface area contributed by atoms with Gasteiger partial charge in [-0.1, -0.05) is 32.0 Å². The van der Waals surface area contributed by atoms with Crippen LogP contribution in [-0.4, -0.2) is 40.5 Å². The molecule has 168 valence electrons. The average molecular weight is 438 g/mol. The lowest BCUT2D eigenvalue weighted by atomic mass is 9.84. The highest BCUT2D eigenvalue weighted by Crippen LogP contribution is 2.37. The number of piperidine rings is 1. The maximum atomic E-state index is 13.2. The second-order valence-corrected chi connectivity index (χ2v) is 8.70. The van der Waals surface area contributed by atoms with Crippen molar-refractivity contribution in [2.75, 3.05) is 23.3 Å². The van der Waals surface area contributed by atoms with Crippen LogP contribution in [-0.2, 0) is 4.79 Å². The number of hydrogen-bond acceptors (Lipinski definition) is 5. The third-order valence-electron chi connectivity index (χ3n) is 6.35. The fraction of sp³-hybridized carbons (Fsp3) is 0.391. The van der Waals surface area contributed by atoms with E-state index in [1.54, 1.807) is 12.1 Å². The van der Waals surface area contributed by atoms with Crippen LogP contribution in [0.5, 0.6) is 0 Å². The number of carbonyl (C=O) groups excluding carboxylic acids is 2. The van der Waals surface area contributed by atoms with E-state index in [2.05, 4.69) is 29.5 Å². The number of anilines is 2. The maximum Gasteiger partial charge on any atom is 0.341 e. The van der Waals surface area contributed by atoms with Crippen LogP contribution in [0.3, 0.4) is 0 Å². The summed E-state index contributed by atoms with van der Waals surface area (Å²) in [4.78, 5) is 38.1. The minimum absolute atomic E-state index is 0.0531. The molecule has 2 aliphatic rings. The van der Waals surface area contributed by atoms with Gasteiger partial charge in [-0.2, -0.15) is 0 Å². The topological polar surface area (TPSA) is 108 Å².